The number of nitrogens with one attached hydrogen (secondary N) is 1. The third kappa shape index (κ3) is 3.00. The van der Waals surface area contributed by atoms with E-state index in [2.05, 4.69) is 9.72 Å². The van der Waals surface area contributed by atoms with Crippen LogP contribution in [0.2, 0.25) is 0 Å². The second-order valence-corrected chi connectivity index (χ2v) is 4.16. The zero-order valence-corrected chi connectivity index (χ0v) is 9.30. The van der Waals surface area contributed by atoms with Gasteiger partial charge in [0, 0.05) is 6.07 Å². The molecular formula is C9H5F3N2O3S. The number of amides is 1. The van der Waals surface area contributed by atoms with E-state index < -0.39 is 12.5 Å². The quantitative estimate of drug-likeness (QED) is 0.884. The molecule has 2 N–H and O–H groups in total. The molecule has 0 fully saturated rings. The number of anilines is 1. The first-order valence-corrected chi connectivity index (χ1v) is 5.31. The van der Waals surface area contributed by atoms with Crippen LogP contribution in [0.15, 0.2) is 18.2 Å². The number of rotatable bonds is 2. The average Bonchev–Trinajstić information content (AvgIpc) is 2.55. The number of carbonyl (C=O) groups is 1. The van der Waals surface area contributed by atoms with Gasteiger partial charge in [0.25, 0.3) is 0 Å². The van der Waals surface area contributed by atoms with Crippen molar-refractivity contribution in [1.29, 1.82) is 0 Å². The highest BCUT2D eigenvalue weighted by molar-refractivity contribution is 7.22. The SMILES string of the molecule is O=C(O)Nc1nc2ccc(OC(F)(F)F)cc2s1. The molecule has 0 radical (unpaired) electrons. The number of ether oxygens (including phenoxy) is 1. The van der Waals surface area contributed by atoms with Gasteiger partial charge in [-0.05, 0) is 12.1 Å². The summed E-state index contributed by atoms with van der Waals surface area (Å²) in [6, 6.07) is 3.58. The molecule has 0 bridgehead atoms. The molecule has 0 spiro atoms. The first-order chi connectivity index (χ1) is 8.33. The van der Waals surface area contributed by atoms with Gasteiger partial charge in [-0.25, -0.2) is 9.78 Å². The van der Waals surface area contributed by atoms with Crippen LogP contribution in [0.1, 0.15) is 0 Å². The Labute approximate surface area is 102 Å². The van der Waals surface area contributed by atoms with Gasteiger partial charge in [0.1, 0.15) is 5.75 Å². The van der Waals surface area contributed by atoms with Crippen LogP contribution in [0.5, 0.6) is 5.75 Å². The smallest absolute Gasteiger partial charge is 0.465 e. The zero-order chi connectivity index (χ0) is 13.3. The van der Waals surface area contributed by atoms with Crippen LogP contribution < -0.4 is 10.1 Å². The van der Waals surface area contributed by atoms with Crippen molar-refractivity contribution in [1.82, 2.24) is 4.98 Å². The van der Waals surface area contributed by atoms with Gasteiger partial charge in [-0.2, -0.15) is 0 Å². The van der Waals surface area contributed by atoms with Crippen molar-refractivity contribution in [2.45, 2.75) is 6.36 Å². The molecule has 0 aliphatic heterocycles. The maximum atomic E-state index is 12.0. The monoisotopic (exact) mass is 278 g/mol. The van der Waals surface area contributed by atoms with E-state index in [9.17, 15) is 18.0 Å². The first-order valence-electron chi connectivity index (χ1n) is 4.50. The molecule has 0 aliphatic carbocycles. The van der Waals surface area contributed by atoms with Gasteiger partial charge in [0.2, 0.25) is 0 Å². The molecule has 0 aliphatic rings. The lowest BCUT2D eigenvalue weighted by Crippen LogP contribution is -2.16. The predicted molar refractivity (Wildman–Crippen MR) is 58.0 cm³/mol. The lowest BCUT2D eigenvalue weighted by atomic mass is 10.3. The van der Waals surface area contributed by atoms with Crippen molar-refractivity contribution in [3.8, 4) is 5.75 Å². The molecule has 0 saturated carbocycles. The zero-order valence-electron chi connectivity index (χ0n) is 8.49. The molecule has 0 saturated heterocycles. The summed E-state index contributed by atoms with van der Waals surface area (Å²) in [6.45, 7) is 0. The summed E-state index contributed by atoms with van der Waals surface area (Å²) in [5.74, 6) is -0.375. The van der Waals surface area contributed by atoms with Gasteiger partial charge in [0.05, 0.1) is 10.2 Å². The Morgan fingerprint density at radius 1 is 1.44 bits per heavy atom. The normalized spacial score (nSPS) is 11.5. The number of benzene rings is 1. The number of alkyl halides is 3. The minimum Gasteiger partial charge on any atom is -0.465 e. The minimum atomic E-state index is -4.76. The van der Waals surface area contributed by atoms with Crippen LogP contribution in [0, 0.1) is 0 Å². The summed E-state index contributed by atoms with van der Waals surface area (Å²) in [7, 11) is 0. The van der Waals surface area contributed by atoms with Crippen molar-refractivity contribution in [3.63, 3.8) is 0 Å². The van der Waals surface area contributed by atoms with Crippen molar-refractivity contribution in [3.05, 3.63) is 18.2 Å². The van der Waals surface area contributed by atoms with Gasteiger partial charge in [0.15, 0.2) is 5.13 Å². The predicted octanol–water partition coefficient (Wildman–Crippen LogP) is 3.28. The van der Waals surface area contributed by atoms with E-state index in [-0.39, 0.29) is 10.9 Å². The molecule has 0 unspecified atom stereocenters. The van der Waals surface area contributed by atoms with Gasteiger partial charge >= 0.3 is 12.5 Å². The molecular weight excluding hydrogens is 273 g/mol. The van der Waals surface area contributed by atoms with Crippen LogP contribution in [0.3, 0.4) is 0 Å². The Balaban J connectivity index is 2.30. The van der Waals surface area contributed by atoms with E-state index in [1.54, 1.807) is 0 Å². The van der Waals surface area contributed by atoms with E-state index in [0.29, 0.717) is 10.2 Å². The van der Waals surface area contributed by atoms with Gasteiger partial charge < -0.3 is 9.84 Å². The Morgan fingerprint density at radius 2 is 2.17 bits per heavy atom. The van der Waals surface area contributed by atoms with Crippen LogP contribution in [-0.4, -0.2) is 22.5 Å². The number of nitrogens with zero attached hydrogens (tertiary/aromatic N) is 1. The molecule has 96 valence electrons. The van der Waals surface area contributed by atoms with Crippen molar-refractivity contribution < 1.29 is 27.8 Å². The summed E-state index contributed by atoms with van der Waals surface area (Å²) in [5, 5.41) is 10.6. The van der Waals surface area contributed by atoms with Crippen LogP contribution in [0.25, 0.3) is 10.2 Å². The summed E-state index contributed by atoms with van der Waals surface area (Å²) in [6.07, 6.45) is -6.05. The summed E-state index contributed by atoms with van der Waals surface area (Å²) in [4.78, 5) is 14.3. The summed E-state index contributed by atoms with van der Waals surface area (Å²) < 4.78 is 40.1. The van der Waals surface area contributed by atoms with Crippen molar-refractivity contribution in [2.75, 3.05) is 5.32 Å². The molecule has 0 atom stereocenters. The number of fused-ring (bicyclic) bond motifs is 1. The lowest BCUT2D eigenvalue weighted by Gasteiger charge is -2.07. The number of aromatic nitrogens is 1. The number of halogens is 3. The second kappa shape index (κ2) is 4.33. The third-order valence-corrected chi connectivity index (χ3v) is 2.74. The lowest BCUT2D eigenvalue weighted by molar-refractivity contribution is -0.274. The maximum Gasteiger partial charge on any atom is 0.573 e. The highest BCUT2D eigenvalue weighted by Crippen LogP contribution is 2.31. The summed E-state index contributed by atoms with van der Waals surface area (Å²) in [5.41, 5.74) is 0.387. The van der Waals surface area contributed by atoms with E-state index in [4.69, 9.17) is 5.11 Å². The molecule has 1 amide bonds. The van der Waals surface area contributed by atoms with Gasteiger partial charge in [-0.15, -0.1) is 13.2 Å². The Morgan fingerprint density at radius 3 is 2.78 bits per heavy atom. The van der Waals surface area contributed by atoms with E-state index in [1.165, 1.54) is 6.07 Å². The fraction of sp³-hybridized carbons (Fsp3) is 0.111. The second-order valence-electron chi connectivity index (χ2n) is 3.13. The average molecular weight is 278 g/mol. The molecule has 1 aromatic heterocycles. The van der Waals surface area contributed by atoms with E-state index in [0.717, 1.165) is 23.5 Å². The fourth-order valence-electron chi connectivity index (χ4n) is 1.25. The highest BCUT2D eigenvalue weighted by Gasteiger charge is 2.31. The highest BCUT2D eigenvalue weighted by atomic mass is 32.1. The number of hydrogen-bond acceptors (Lipinski definition) is 4. The molecule has 18 heavy (non-hydrogen) atoms. The van der Waals surface area contributed by atoms with Crippen LogP contribution in [0.4, 0.5) is 23.1 Å². The Kier molecular flexibility index (Phi) is 2.99. The fourth-order valence-corrected chi connectivity index (χ4v) is 2.13. The van der Waals surface area contributed by atoms with Gasteiger partial charge in [-0.1, -0.05) is 11.3 Å². The largest absolute Gasteiger partial charge is 0.573 e. The van der Waals surface area contributed by atoms with E-state index >= 15 is 0 Å². The molecule has 5 nitrogen and oxygen atoms in total. The molecule has 2 aromatic rings. The van der Waals surface area contributed by atoms with Crippen molar-refractivity contribution >= 4 is 32.8 Å². The molecule has 9 heteroatoms. The van der Waals surface area contributed by atoms with Gasteiger partial charge in [-0.3, -0.25) is 5.32 Å². The third-order valence-electron chi connectivity index (χ3n) is 1.81. The summed E-state index contributed by atoms with van der Waals surface area (Å²) >= 11 is 0.915. The molecule has 1 aromatic carbocycles. The first kappa shape index (κ1) is 12.4. The number of thiazole rings is 1. The number of carboxylic acid groups (broad SMARTS) is 1. The maximum absolute atomic E-state index is 12.0. The van der Waals surface area contributed by atoms with Crippen LogP contribution in [-0.2, 0) is 0 Å². The molecule has 1 heterocycles. The van der Waals surface area contributed by atoms with Crippen molar-refractivity contribution in [2.24, 2.45) is 0 Å². The van der Waals surface area contributed by atoms with E-state index in [1.807, 2.05) is 5.32 Å². The standard InChI is InChI=1S/C9H5F3N2O3S/c10-9(11,12)17-4-1-2-5-6(3-4)18-7(13-5)14-8(15)16/h1-3H,(H,13,14)(H,15,16). The van der Waals surface area contributed by atoms with Crippen LogP contribution >= 0.6 is 11.3 Å². The molecule has 2 rings (SSSR count). The minimum absolute atomic E-state index is 0.0849. The Bertz CT molecular complexity index is 596. The number of hydrogen-bond donors (Lipinski definition) is 2. The Hall–Kier alpha value is -2.03. The topological polar surface area (TPSA) is 71.5 Å².